The Morgan fingerprint density at radius 2 is 1.93 bits per heavy atom. The number of ether oxygens (including phenoxy) is 1. The number of carbonyl (C=O) groups is 2. The number of piperidine rings is 1. The van der Waals surface area contributed by atoms with Gasteiger partial charge in [-0.3, -0.25) is 4.79 Å². The second kappa shape index (κ2) is 16.9. The van der Waals surface area contributed by atoms with Gasteiger partial charge in [-0.2, -0.15) is 0 Å². The summed E-state index contributed by atoms with van der Waals surface area (Å²) >= 11 is 2.79. The maximum atomic E-state index is 13.6. The lowest BCUT2D eigenvalue weighted by Gasteiger charge is -2.45. The molecule has 3 fully saturated rings. The zero-order chi connectivity index (χ0) is 39.0. The minimum atomic E-state index is -1.78. The third-order valence-corrected chi connectivity index (χ3v) is 15.2. The Morgan fingerprint density at radius 1 is 1.11 bits per heavy atom. The molecular weight excluding hydrogens is 749 g/mol. The summed E-state index contributed by atoms with van der Waals surface area (Å²) in [4.78, 5) is 30.2. The summed E-state index contributed by atoms with van der Waals surface area (Å²) < 4.78 is 8.11. The molecule has 8 rings (SSSR count). The molecule has 4 heterocycles. The molecule has 302 valence electrons. The molecule has 0 radical (unpaired) electrons. The highest BCUT2D eigenvalue weighted by Crippen LogP contribution is 2.40. The van der Waals surface area contributed by atoms with E-state index in [-0.39, 0.29) is 29.9 Å². The third-order valence-electron chi connectivity index (χ3n) is 13.1. The number of aromatic nitrogens is 3. The van der Waals surface area contributed by atoms with Gasteiger partial charge in [-0.1, -0.05) is 11.3 Å². The van der Waals surface area contributed by atoms with Gasteiger partial charge in [-0.25, -0.2) is 9.48 Å². The topological polar surface area (TPSA) is 162 Å². The van der Waals surface area contributed by atoms with Crippen LogP contribution in [-0.4, -0.2) is 97.6 Å². The first-order valence-electron chi connectivity index (χ1n) is 20.6. The van der Waals surface area contributed by atoms with Crippen LogP contribution in [-0.2, 0) is 45.9 Å². The number of nitrogens with one attached hydrogen (secondary N) is 2. The Balaban J connectivity index is 0.821. The molecule has 4 aliphatic rings. The highest BCUT2D eigenvalue weighted by atomic mass is 32.1. The second-order valence-electron chi connectivity index (χ2n) is 16.6. The summed E-state index contributed by atoms with van der Waals surface area (Å²) in [7, 11) is 2.18. The number of nitrogens with zero attached hydrogens (tertiary/aromatic N) is 4. The van der Waals surface area contributed by atoms with Crippen molar-refractivity contribution < 1.29 is 29.6 Å². The number of hydrogen-bond acceptors (Lipinski definition) is 12. The molecule has 0 bridgehead atoms. The molecule has 5 N–H and O–H groups in total. The number of aliphatic hydroxyl groups is 3. The van der Waals surface area contributed by atoms with Gasteiger partial charge in [0.1, 0.15) is 11.6 Å². The molecular formula is C42H56N6O6S2. The van der Waals surface area contributed by atoms with E-state index < -0.39 is 23.8 Å². The molecule has 0 spiro atoms. The Bertz CT molecular complexity index is 1990. The number of amides is 1. The van der Waals surface area contributed by atoms with E-state index in [1.54, 1.807) is 6.07 Å². The minimum Gasteiger partial charge on any atom is -0.460 e. The normalized spacial score (nSPS) is 26.8. The maximum absolute atomic E-state index is 13.6. The fourth-order valence-electron chi connectivity index (χ4n) is 10.0. The summed E-state index contributed by atoms with van der Waals surface area (Å²) in [6.45, 7) is 4.79. The predicted octanol–water partition coefficient (Wildman–Crippen LogP) is 4.58. The lowest BCUT2D eigenvalue weighted by atomic mass is 9.68. The molecule has 2 saturated carbocycles. The smallest absolute Gasteiger partial charge is 0.349 e. The van der Waals surface area contributed by atoms with Gasteiger partial charge in [0, 0.05) is 37.0 Å². The molecule has 12 nitrogen and oxygen atoms in total. The van der Waals surface area contributed by atoms with Crippen LogP contribution in [0.15, 0.2) is 35.7 Å². The van der Waals surface area contributed by atoms with Gasteiger partial charge in [-0.05, 0) is 149 Å². The second-order valence-corrected chi connectivity index (χ2v) is 18.8. The average Bonchev–Trinajstić information content (AvgIpc) is 4.03. The Hall–Kier alpha value is -3.24. The fraction of sp³-hybridized carbons (Fsp3) is 0.619. The summed E-state index contributed by atoms with van der Waals surface area (Å²) in [5, 5.41) is 51.1. The van der Waals surface area contributed by atoms with E-state index in [1.807, 2.05) is 30.5 Å². The van der Waals surface area contributed by atoms with Crippen molar-refractivity contribution in [2.24, 2.45) is 11.8 Å². The van der Waals surface area contributed by atoms with Crippen molar-refractivity contribution in [3.8, 4) is 0 Å². The molecule has 1 aromatic carbocycles. The molecule has 3 aliphatic carbocycles. The molecule has 14 heteroatoms. The SMILES string of the molecule is Cc1ccc([C@](O)(C(=O)OC2CCC(N(C)CCCn3nnc4cc(CNC[C@H](O)C5CCC(O)C6NC(=O)CCC65)c5c(c43)CCC5)CC2)c2cccs2)s1. The number of fused-ring (bicyclic) bond motifs is 4. The fourth-order valence-corrected chi connectivity index (χ4v) is 11.9. The highest BCUT2D eigenvalue weighted by molar-refractivity contribution is 7.13. The van der Waals surface area contributed by atoms with Crippen molar-refractivity contribution in [3.63, 3.8) is 0 Å². The Kier molecular flexibility index (Phi) is 12.0. The molecule has 1 aliphatic heterocycles. The van der Waals surface area contributed by atoms with Crippen molar-refractivity contribution in [3.05, 3.63) is 67.0 Å². The van der Waals surface area contributed by atoms with Crippen molar-refractivity contribution in [2.75, 3.05) is 20.1 Å². The van der Waals surface area contributed by atoms with Crippen molar-refractivity contribution in [2.45, 2.75) is 133 Å². The van der Waals surface area contributed by atoms with Crippen molar-refractivity contribution >= 4 is 45.6 Å². The predicted molar refractivity (Wildman–Crippen MR) is 216 cm³/mol. The van der Waals surface area contributed by atoms with Crippen LogP contribution in [0.2, 0.25) is 0 Å². The van der Waals surface area contributed by atoms with E-state index in [9.17, 15) is 24.9 Å². The monoisotopic (exact) mass is 804 g/mol. The van der Waals surface area contributed by atoms with E-state index in [2.05, 4.69) is 43.6 Å². The molecule has 3 aromatic heterocycles. The number of aryl methyl sites for hydroxylation is 3. The molecule has 1 saturated heterocycles. The van der Waals surface area contributed by atoms with Crippen LogP contribution in [0.25, 0.3) is 11.0 Å². The van der Waals surface area contributed by atoms with Crippen LogP contribution >= 0.6 is 22.7 Å². The first-order valence-corrected chi connectivity index (χ1v) is 22.3. The van der Waals surface area contributed by atoms with E-state index in [4.69, 9.17) is 4.74 Å². The first-order chi connectivity index (χ1) is 27.1. The number of rotatable bonds is 14. The number of hydrogen-bond donors (Lipinski definition) is 5. The quantitative estimate of drug-likeness (QED) is 0.114. The van der Waals surface area contributed by atoms with Crippen LogP contribution in [0.5, 0.6) is 0 Å². The highest BCUT2D eigenvalue weighted by Gasteiger charge is 2.46. The lowest BCUT2D eigenvalue weighted by Crippen LogP contribution is -2.58. The van der Waals surface area contributed by atoms with Gasteiger partial charge in [0.15, 0.2) is 0 Å². The number of thiophene rings is 2. The molecule has 4 aromatic rings. The first kappa shape index (κ1) is 39.6. The number of benzene rings is 1. The summed E-state index contributed by atoms with van der Waals surface area (Å²) in [6, 6.07) is 9.72. The van der Waals surface area contributed by atoms with E-state index >= 15 is 0 Å². The number of aliphatic hydroxyl groups excluding tert-OH is 2. The van der Waals surface area contributed by atoms with Crippen molar-refractivity contribution in [1.82, 2.24) is 30.5 Å². The maximum Gasteiger partial charge on any atom is 0.349 e. The van der Waals surface area contributed by atoms with E-state index in [0.29, 0.717) is 48.1 Å². The summed E-state index contributed by atoms with van der Waals surface area (Å²) in [6.07, 6.45) is 8.73. The molecule has 56 heavy (non-hydrogen) atoms. The van der Waals surface area contributed by atoms with Crippen LogP contribution < -0.4 is 10.6 Å². The minimum absolute atomic E-state index is 0.00514. The molecule has 6 atom stereocenters. The van der Waals surface area contributed by atoms with Gasteiger partial charge in [0.05, 0.1) is 33.5 Å². The van der Waals surface area contributed by atoms with Crippen LogP contribution in [0.4, 0.5) is 0 Å². The van der Waals surface area contributed by atoms with Crippen LogP contribution in [0, 0.1) is 18.8 Å². The van der Waals surface area contributed by atoms with Gasteiger partial charge in [0.2, 0.25) is 11.5 Å². The standard InChI is InChI=1S/C42H56N6O6S2/c1-25-9-17-37(56-25)42(53,36-8-4-21-55-36)41(52)54-28-12-10-27(11-13-28)47(2)19-5-20-48-40-32-7-3-6-29(32)26(22-33(40)45-46-48)23-43-24-35(50)30-14-16-34(49)39-31(30)15-18-38(51)44-39/h4,8-9,17,21-22,27-28,30-31,34-35,39,43,49-50,53H,3,5-7,10-16,18-20,23-24H2,1-2H3,(H,44,51)/t27?,28?,30?,31?,34?,35-,39?,42-/m0/s1. The summed E-state index contributed by atoms with van der Waals surface area (Å²) in [5.41, 5.74) is 4.26. The van der Waals surface area contributed by atoms with Gasteiger partial charge >= 0.3 is 5.97 Å². The van der Waals surface area contributed by atoms with E-state index in [1.165, 1.54) is 39.4 Å². The van der Waals surface area contributed by atoms with Crippen molar-refractivity contribution in [1.29, 1.82) is 0 Å². The largest absolute Gasteiger partial charge is 0.460 e. The van der Waals surface area contributed by atoms with E-state index in [0.717, 1.165) is 86.8 Å². The summed E-state index contributed by atoms with van der Waals surface area (Å²) in [5.74, 6) is -0.439. The Labute approximate surface area is 336 Å². The zero-order valence-electron chi connectivity index (χ0n) is 32.5. The van der Waals surface area contributed by atoms with Crippen LogP contribution in [0.3, 0.4) is 0 Å². The lowest BCUT2D eigenvalue weighted by molar-refractivity contribution is -0.169. The number of esters is 1. The Morgan fingerprint density at radius 3 is 2.70 bits per heavy atom. The number of carbonyl (C=O) groups excluding carboxylic acids is 2. The third kappa shape index (κ3) is 7.95. The molecule has 4 unspecified atom stereocenters. The zero-order valence-corrected chi connectivity index (χ0v) is 34.1. The van der Waals surface area contributed by atoms with Gasteiger partial charge in [0.25, 0.3) is 0 Å². The van der Waals surface area contributed by atoms with Gasteiger partial charge < -0.3 is 35.6 Å². The van der Waals surface area contributed by atoms with Crippen LogP contribution in [0.1, 0.15) is 95.5 Å². The van der Waals surface area contributed by atoms with Gasteiger partial charge in [-0.15, -0.1) is 27.8 Å². The molecule has 1 amide bonds. The average molecular weight is 805 g/mol.